The largest absolute Gasteiger partial charge is 0.507 e. The summed E-state index contributed by atoms with van der Waals surface area (Å²) in [5.74, 6) is -0.373. The summed E-state index contributed by atoms with van der Waals surface area (Å²) < 4.78 is 21.9. The van der Waals surface area contributed by atoms with Crippen molar-refractivity contribution in [3.63, 3.8) is 0 Å². The van der Waals surface area contributed by atoms with Gasteiger partial charge in [0, 0.05) is 17.7 Å². The summed E-state index contributed by atoms with van der Waals surface area (Å²) in [6.45, 7) is 11.1. The van der Waals surface area contributed by atoms with E-state index in [1.165, 1.54) is 0 Å². The molecule has 212 valence electrons. The predicted molar refractivity (Wildman–Crippen MR) is 151 cm³/mol. The van der Waals surface area contributed by atoms with E-state index < -0.39 is 26.6 Å². The number of fused-ring (bicyclic) bond motifs is 1. The minimum atomic E-state index is -1.50. The lowest BCUT2D eigenvalue weighted by molar-refractivity contribution is -0.153. The molecule has 2 atom stereocenters. The Morgan fingerprint density at radius 3 is 2.72 bits per heavy atom. The topological polar surface area (TPSA) is 114 Å². The van der Waals surface area contributed by atoms with Gasteiger partial charge in [-0.25, -0.2) is 4.79 Å². The maximum atomic E-state index is 12.2. The summed E-state index contributed by atoms with van der Waals surface area (Å²) in [5.41, 5.74) is 5.97. The number of nitrogens with one attached hydrogen (secondary N) is 1. The van der Waals surface area contributed by atoms with Gasteiger partial charge in [-0.05, 0) is 76.3 Å². The average Bonchev–Trinajstić information content (AvgIpc) is 3.33. The molecule has 9 nitrogen and oxygen atoms in total. The molecule has 2 aromatic rings. The number of phenols is 1. The average molecular weight is 559 g/mol. The number of rotatable bonds is 14. The Morgan fingerprint density at radius 1 is 1.28 bits per heavy atom. The second-order valence-corrected chi connectivity index (χ2v) is 10.2. The van der Waals surface area contributed by atoms with Crippen molar-refractivity contribution in [2.75, 3.05) is 19.7 Å². The highest BCUT2D eigenvalue weighted by molar-refractivity contribution is 7.20. The number of cyclic esters (lactones) is 1. The smallest absolute Gasteiger partial charge is 0.342 e. The number of benzene rings is 2. The second kappa shape index (κ2) is 14.3. The van der Waals surface area contributed by atoms with Crippen molar-refractivity contribution in [1.82, 2.24) is 10.2 Å². The SMILES string of the molecule is CCOC(=O)C(C)N(Oc1ccccc1CCNCC(C)=CCc1c(O)c2c(c(C)c1CC)COC2=O)[PH2]=O. The fourth-order valence-electron chi connectivity index (χ4n) is 4.67. The van der Waals surface area contributed by atoms with E-state index in [2.05, 4.69) is 11.4 Å². The zero-order chi connectivity index (χ0) is 28.5. The van der Waals surface area contributed by atoms with Crippen molar-refractivity contribution in [3.8, 4) is 11.5 Å². The van der Waals surface area contributed by atoms with E-state index in [1.54, 1.807) is 19.9 Å². The van der Waals surface area contributed by atoms with Crippen LogP contribution in [-0.4, -0.2) is 47.6 Å². The van der Waals surface area contributed by atoms with Crippen LogP contribution in [0.15, 0.2) is 35.9 Å². The first-order chi connectivity index (χ1) is 18.7. The van der Waals surface area contributed by atoms with Gasteiger partial charge >= 0.3 is 11.9 Å². The van der Waals surface area contributed by atoms with Gasteiger partial charge in [0.25, 0.3) is 0 Å². The van der Waals surface area contributed by atoms with Gasteiger partial charge in [0.1, 0.15) is 24.0 Å². The number of carbonyl (C=O) groups excluding carboxylic acids is 2. The molecule has 0 saturated heterocycles. The molecular weight excluding hydrogens is 519 g/mol. The molecule has 0 saturated carbocycles. The molecule has 0 bridgehead atoms. The summed E-state index contributed by atoms with van der Waals surface area (Å²) in [7, 11) is -1.50. The number of carbonyl (C=O) groups is 2. The zero-order valence-corrected chi connectivity index (χ0v) is 24.5. The van der Waals surface area contributed by atoms with Crippen LogP contribution in [0.2, 0.25) is 0 Å². The number of esters is 2. The lowest BCUT2D eigenvalue weighted by Gasteiger charge is -2.23. The maximum Gasteiger partial charge on any atom is 0.342 e. The molecule has 0 fully saturated rings. The van der Waals surface area contributed by atoms with E-state index in [-0.39, 0.29) is 19.0 Å². The van der Waals surface area contributed by atoms with E-state index in [0.717, 1.165) is 44.6 Å². The molecular formula is C29H39N2O7P. The first-order valence-corrected chi connectivity index (χ1v) is 14.3. The highest BCUT2D eigenvalue weighted by Gasteiger charge is 2.30. The van der Waals surface area contributed by atoms with Crippen LogP contribution in [0.1, 0.15) is 65.9 Å². The Balaban J connectivity index is 1.59. The molecule has 39 heavy (non-hydrogen) atoms. The first-order valence-electron chi connectivity index (χ1n) is 13.3. The minimum absolute atomic E-state index is 0.0369. The standard InChI is InChI=1S/C29H39N2O7P/c1-6-22-19(4)24-17-37-29(34)26(24)27(32)23(22)13-12-18(3)16-30-15-14-21-10-8-9-11-25(21)38-31(39-35)20(5)28(33)36-7-2/h8-12,20,30,32H,6-7,13-17,39H2,1-5H3. The highest BCUT2D eigenvalue weighted by atomic mass is 31.1. The Bertz CT molecular complexity index is 1240. The Labute approximate surface area is 231 Å². The van der Waals surface area contributed by atoms with Gasteiger partial charge in [-0.3, -0.25) is 4.79 Å². The molecule has 0 aliphatic carbocycles. The van der Waals surface area contributed by atoms with Gasteiger partial charge in [-0.1, -0.05) is 41.6 Å². The van der Waals surface area contributed by atoms with Crippen LogP contribution in [0.25, 0.3) is 0 Å². The van der Waals surface area contributed by atoms with Gasteiger partial charge in [-0.2, -0.15) is 0 Å². The van der Waals surface area contributed by atoms with E-state index in [1.807, 2.05) is 39.0 Å². The van der Waals surface area contributed by atoms with Crippen molar-refractivity contribution in [2.45, 2.75) is 66.5 Å². The second-order valence-electron chi connectivity index (χ2n) is 9.49. The van der Waals surface area contributed by atoms with Crippen LogP contribution in [0.4, 0.5) is 0 Å². The highest BCUT2D eigenvalue weighted by Crippen LogP contribution is 2.38. The molecule has 2 aromatic carbocycles. The van der Waals surface area contributed by atoms with Crippen molar-refractivity contribution in [3.05, 3.63) is 69.3 Å². The number of hydroxylamine groups is 1. The third kappa shape index (κ3) is 7.29. The number of phenolic OH excluding ortho intramolecular Hbond substituents is 1. The Morgan fingerprint density at radius 2 is 2.03 bits per heavy atom. The number of allylic oxidation sites excluding steroid dienone is 1. The van der Waals surface area contributed by atoms with Crippen LogP contribution in [0, 0.1) is 6.92 Å². The monoisotopic (exact) mass is 558 g/mol. The van der Waals surface area contributed by atoms with Gasteiger partial charge in [0.05, 0.1) is 6.61 Å². The molecule has 0 spiro atoms. The predicted octanol–water partition coefficient (Wildman–Crippen LogP) is 4.47. The van der Waals surface area contributed by atoms with E-state index in [9.17, 15) is 19.3 Å². The van der Waals surface area contributed by atoms with Crippen molar-refractivity contribution < 1.29 is 33.6 Å². The zero-order valence-electron chi connectivity index (χ0n) is 23.3. The third-order valence-electron chi connectivity index (χ3n) is 6.92. The van der Waals surface area contributed by atoms with Gasteiger partial charge in [0.2, 0.25) is 0 Å². The van der Waals surface area contributed by atoms with Gasteiger partial charge < -0.3 is 29.3 Å². The van der Waals surface area contributed by atoms with Crippen LogP contribution < -0.4 is 10.2 Å². The third-order valence-corrected chi connectivity index (χ3v) is 7.68. The van der Waals surface area contributed by atoms with E-state index >= 15 is 0 Å². The number of para-hydroxylation sites is 1. The molecule has 1 heterocycles. The summed E-state index contributed by atoms with van der Waals surface area (Å²) in [4.78, 5) is 31.2. The number of nitrogens with zero attached hydrogens (tertiary/aromatic N) is 1. The molecule has 1 aliphatic rings. The first kappa shape index (κ1) is 30.4. The lowest BCUT2D eigenvalue weighted by atomic mass is 9.89. The fourth-order valence-corrected chi connectivity index (χ4v) is 5.13. The summed E-state index contributed by atoms with van der Waals surface area (Å²) in [5, 5.41) is 14.3. The van der Waals surface area contributed by atoms with E-state index in [0.29, 0.717) is 37.2 Å². The minimum Gasteiger partial charge on any atom is -0.507 e. The molecule has 10 heteroatoms. The molecule has 0 amide bonds. The number of hydrogen-bond acceptors (Lipinski definition) is 8. The van der Waals surface area contributed by atoms with Crippen LogP contribution in [-0.2, 0) is 44.7 Å². The van der Waals surface area contributed by atoms with Crippen LogP contribution in [0.3, 0.4) is 0 Å². The molecule has 1 aliphatic heterocycles. The molecule has 3 rings (SSSR count). The van der Waals surface area contributed by atoms with Gasteiger partial charge in [-0.15, -0.1) is 0 Å². The quantitative estimate of drug-likeness (QED) is 0.114. The van der Waals surface area contributed by atoms with Crippen molar-refractivity contribution in [2.24, 2.45) is 0 Å². The molecule has 2 N–H and O–H groups in total. The normalized spacial score (nSPS) is 14.1. The number of hydrogen-bond donors (Lipinski definition) is 2. The summed E-state index contributed by atoms with van der Waals surface area (Å²) in [6, 6.07) is 6.66. The lowest BCUT2D eigenvalue weighted by Crippen LogP contribution is -2.36. The van der Waals surface area contributed by atoms with Crippen LogP contribution in [0.5, 0.6) is 11.5 Å². The Kier molecular flexibility index (Phi) is 11.2. The van der Waals surface area contributed by atoms with Crippen molar-refractivity contribution in [1.29, 1.82) is 0 Å². The Hall–Kier alpha value is -3.13. The number of ether oxygens (including phenoxy) is 2. The number of aromatic hydroxyl groups is 1. The summed E-state index contributed by atoms with van der Waals surface area (Å²) in [6.07, 6.45) is 4.00. The van der Waals surface area contributed by atoms with Crippen molar-refractivity contribution >= 4 is 20.5 Å². The fraction of sp³-hybridized carbons (Fsp3) is 0.448. The molecule has 0 radical (unpaired) electrons. The van der Waals surface area contributed by atoms with E-state index in [4.69, 9.17) is 14.3 Å². The maximum absolute atomic E-state index is 12.2. The molecule has 2 unspecified atom stereocenters. The van der Waals surface area contributed by atoms with Crippen LogP contribution >= 0.6 is 8.61 Å². The summed E-state index contributed by atoms with van der Waals surface area (Å²) >= 11 is 0. The molecule has 0 aromatic heterocycles. The van der Waals surface area contributed by atoms with Gasteiger partial charge in [0.15, 0.2) is 14.4 Å².